The van der Waals surface area contributed by atoms with Crippen LogP contribution in [0.5, 0.6) is 11.5 Å². The number of fused-ring (bicyclic) bond motifs is 4. The van der Waals surface area contributed by atoms with E-state index in [1.54, 1.807) is 0 Å². The molecule has 6 nitrogen and oxygen atoms in total. The maximum Gasteiger partial charge on any atom is 0.274 e. The van der Waals surface area contributed by atoms with E-state index in [1.165, 1.54) is 0 Å². The fourth-order valence-corrected chi connectivity index (χ4v) is 5.07. The summed E-state index contributed by atoms with van der Waals surface area (Å²) >= 11 is 6.40. The van der Waals surface area contributed by atoms with Gasteiger partial charge in [0.2, 0.25) is 0 Å². The van der Waals surface area contributed by atoms with Gasteiger partial charge in [-0.3, -0.25) is 4.79 Å². The fourth-order valence-electron chi connectivity index (χ4n) is 4.81. The molecule has 0 bridgehead atoms. The highest BCUT2D eigenvalue weighted by Gasteiger charge is 2.35. The zero-order chi connectivity index (χ0) is 24.5. The van der Waals surface area contributed by atoms with E-state index in [4.69, 9.17) is 21.1 Å². The highest BCUT2D eigenvalue weighted by Crippen LogP contribution is 2.46. The van der Waals surface area contributed by atoms with Crippen LogP contribution in [0.4, 0.5) is 5.69 Å². The van der Waals surface area contributed by atoms with Crippen LogP contribution in [0.3, 0.4) is 0 Å². The first-order valence-electron chi connectivity index (χ1n) is 12.0. The molecule has 3 aromatic carbocycles. The predicted octanol–water partition coefficient (Wildman–Crippen LogP) is 5.64. The third-order valence-electron chi connectivity index (χ3n) is 6.49. The second-order valence-electron chi connectivity index (χ2n) is 9.14. The van der Waals surface area contributed by atoms with E-state index < -0.39 is 0 Å². The van der Waals surface area contributed by atoms with Gasteiger partial charge in [-0.2, -0.15) is 0 Å². The van der Waals surface area contributed by atoms with Crippen LogP contribution in [0.2, 0.25) is 0 Å². The van der Waals surface area contributed by atoms with Gasteiger partial charge in [-0.1, -0.05) is 24.3 Å². The normalized spacial score (nSPS) is 15.2. The monoisotopic (exact) mass is 491 g/mol. The highest BCUT2D eigenvalue weighted by molar-refractivity contribution is 6.19. The van der Waals surface area contributed by atoms with Crippen molar-refractivity contribution in [2.45, 2.75) is 12.8 Å². The van der Waals surface area contributed by atoms with E-state index in [1.807, 2.05) is 68.4 Å². The number of amides is 1. The molecule has 1 N–H and O–H groups in total. The summed E-state index contributed by atoms with van der Waals surface area (Å²) in [6.07, 6.45) is 0. The molecule has 35 heavy (non-hydrogen) atoms. The number of nitrogens with one attached hydrogen (secondary N) is 1. The molecule has 2 heterocycles. The van der Waals surface area contributed by atoms with Gasteiger partial charge in [0.1, 0.15) is 23.8 Å². The number of ether oxygens (including phenoxy) is 2. The minimum Gasteiger partial charge on any atom is -0.493 e. The molecule has 0 spiro atoms. The lowest BCUT2D eigenvalue weighted by molar-refractivity contribution is 0.0984. The molecule has 7 heteroatoms. The Kier molecular flexibility index (Phi) is 6.58. The Morgan fingerprint density at radius 2 is 1.91 bits per heavy atom. The molecule has 182 valence electrons. The summed E-state index contributed by atoms with van der Waals surface area (Å²) in [5.41, 5.74) is 3.42. The van der Waals surface area contributed by atoms with Crippen molar-refractivity contribution in [3.05, 3.63) is 65.9 Å². The van der Waals surface area contributed by atoms with Gasteiger partial charge < -0.3 is 24.3 Å². The molecule has 0 saturated carbocycles. The number of likely N-dealkylation sites (N-methyl/N-ethyl adjacent to an activating group) is 1. The van der Waals surface area contributed by atoms with Crippen LogP contribution >= 0.6 is 11.6 Å². The van der Waals surface area contributed by atoms with E-state index in [2.05, 4.69) is 22.0 Å². The number of benzene rings is 3. The number of aromatic nitrogens is 1. The Balaban J connectivity index is 1.50. The molecule has 1 aliphatic rings. The molecule has 0 fully saturated rings. The quantitative estimate of drug-likeness (QED) is 0.324. The molecule has 0 saturated heterocycles. The Hall–Kier alpha value is -3.22. The summed E-state index contributed by atoms with van der Waals surface area (Å²) in [5.74, 6) is 1.99. The molecule has 1 aliphatic heterocycles. The first-order valence-corrected chi connectivity index (χ1v) is 12.5. The van der Waals surface area contributed by atoms with E-state index in [0.29, 0.717) is 31.3 Å². The molecule has 0 aliphatic carbocycles. The molecule has 0 radical (unpaired) electrons. The lowest BCUT2D eigenvalue weighted by Gasteiger charge is -2.18. The van der Waals surface area contributed by atoms with Gasteiger partial charge in [-0.15, -0.1) is 11.6 Å². The van der Waals surface area contributed by atoms with Crippen molar-refractivity contribution in [3.63, 3.8) is 0 Å². The third kappa shape index (κ3) is 4.44. The van der Waals surface area contributed by atoms with Gasteiger partial charge in [0.15, 0.2) is 0 Å². The molecule has 1 amide bonds. The number of carbonyl (C=O) groups excluding carboxylic acids is 1. The van der Waals surface area contributed by atoms with Gasteiger partial charge in [0.05, 0.1) is 12.3 Å². The van der Waals surface area contributed by atoms with Crippen molar-refractivity contribution in [3.8, 4) is 11.5 Å². The van der Waals surface area contributed by atoms with Crippen molar-refractivity contribution in [1.29, 1.82) is 0 Å². The van der Waals surface area contributed by atoms with Crippen LogP contribution in [-0.2, 0) is 0 Å². The minimum absolute atomic E-state index is 0.0530. The summed E-state index contributed by atoms with van der Waals surface area (Å²) in [5, 5.41) is 3.08. The fraction of sp³-hybridized carbons (Fsp3) is 0.321. The zero-order valence-corrected chi connectivity index (χ0v) is 21.1. The number of aromatic amines is 1. The molecule has 0 unspecified atom stereocenters. The lowest BCUT2D eigenvalue weighted by Crippen LogP contribution is -2.30. The summed E-state index contributed by atoms with van der Waals surface area (Å²) < 4.78 is 11.8. The predicted molar refractivity (Wildman–Crippen MR) is 143 cm³/mol. The summed E-state index contributed by atoms with van der Waals surface area (Å²) in [6, 6.07) is 17.9. The largest absolute Gasteiger partial charge is 0.493 e. The molecular weight excluding hydrogens is 462 g/mol. The second-order valence-corrected chi connectivity index (χ2v) is 9.45. The lowest BCUT2D eigenvalue weighted by atomic mass is 9.95. The van der Waals surface area contributed by atoms with Crippen LogP contribution in [0.15, 0.2) is 54.6 Å². The van der Waals surface area contributed by atoms with Crippen LogP contribution in [0.1, 0.15) is 28.9 Å². The third-order valence-corrected chi connectivity index (χ3v) is 6.86. The van der Waals surface area contributed by atoms with E-state index in [-0.39, 0.29) is 11.8 Å². The Labute approximate surface area is 210 Å². The van der Waals surface area contributed by atoms with Crippen LogP contribution in [0.25, 0.3) is 21.7 Å². The average molecular weight is 492 g/mol. The summed E-state index contributed by atoms with van der Waals surface area (Å²) in [7, 11) is 4.03. The van der Waals surface area contributed by atoms with Gasteiger partial charge in [-0.05, 0) is 56.2 Å². The van der Waals surface area contributed by atoms with Gasteiger partial charge in [-0.25, -0.2) is 0 Å². The smallest absolute Gasteiger partial charge is 0.274 e. The number of H-pyrrole nitrogens is 1. The number of halogens is 1. The summed E-state index contributed by atoms with van der Waals surface area (Å²) in [4.78, 5) is 21.0. The molecule has 1 atom stereocenters. The van der Waals surface area contributed by atoms with Crippen LogP contribution in [0, 0.1) is 0 Å². The Bertz CT molecular complexity index is 1380. The first kappa shape index (κ1) is 23.5. The van der Waals surface area contributed by atoms with E-state index in [9.17, 15) is 4.79 Å². The number of alkyl halides is 1. The Morgan fingerprint density at radius 3 is 2.66 bits per heavy atom. The number of rotatable bonds is 8. The SMILES string of the molecule is CCOc1cc2c(c3ccccc13)[C@H](CCl)CN2C(=O)c1cc2cc(OCCN(C)C)ccc2[nH]1. The molecule has 1 aromatic heterocycles. The van der Waals surface area contributed by atoms with Crippen molar-refractivity contribution < 1.29 is 14.3 Å². The number of anilines is 1. The number of hydrogen-bond acceptors (Lipinski definition) is 4. The van der Waals surface area contributed by atoms with Gasteiger partial charge in [0.25, 0.3) is 5.91 Å². The van der Waals surface area contributed by atoms with E-state index in [0.717, 1.165) is 51.0 Å². The van der Waals surface area contributed by atoms with Crippen LogP contribution < -0.4 is 14.4 Å². The van der Waals surface area contributed by atoms with Gasteiger partial charge >= 0.3 is 0 Å². The minimum atomic E-state index is -0.0807. The standard InChI is InChI=1S/C28H30ClN3O3/c1-4-34-26-15-25-27(22-8-6-5-7-21(22)26)19(16-29)17-32(25)28(33)24-14-18-13-20(9-10-23(18)30-24)35-12-11-31(2)3/h5-10,13-15,19,30H,4,11-12,16-17H2,1-3H3/t19-/m1/s1. The van der Waals surface area contributed by atoms with Crippen molar-refractivity contribution in [1.82, 2.24) is 9.88 Å². The molecular formula is C28H30ClN3O3. The van der Waals surface area contributed by atoms with Crippen molar-refractivity contribution in [2.24, 2.45) is 0 Å². The van der Waals surface area contributed by atoms with E-state index >= 15 is 0 Å². The number of carbonyl (C=O) groups is 1. The van der Waals surface area contributed by atoms with Crippen LogP contribution in [-0.4, -0.2) is 62.1 Å². The Morgan fingerprint density at radius 1 is 1.11 bits per heavy atom. The molecule has 4 aromatic rings. The maximum absolute atomic E-state index is 13.8. The average Bonchev–Trinajstić information content (AvgIpc) is 3.45. The first-order chi connectivity index (χ1) is 17.0. The molecule has 5 rings (SSSR count). The highest BCUT2D eigenvalue weighted by atomic mass is 35.5. The summed E-state index contributed by atoms with van der Waals surface area (Å²) in [6.45, 7) is 4.50. The second kappa shape index (κ2) is 9.80. The van der Waals surface area contributed by atoms with Crippen molar-refractivity contribution >= 4 is 44.9 Å². The number of nitrogens with zero attached hydrogens (tertiary/aromatic N) is 2. The van der Waals surface area contributed by atoms with Gasteiger partial charge in [0, 0.05) is 47.2 Å². The topological polar surface area (TPSA) is 57.8 Å². The number of hydrogen-bond donors (Lipinski definition) is 1. The maximum atomic E-state index is 13.8. The van der Waals surface area contributed by atoms with Crippen molar-refractivity contribution in [2.75, 3.05) is 51.2 Å². The zero-order valence-electron chi connectivity index (χ0n) is 20.3.